The number of esters is 1. The standard InChI is InChI=1S/C23H17N3O3/c1-28-23(27)19-7-3-2-6-18(19)22-11-10-17(29-22)12-16(13-24)14-26-15-25-20-8-4-5-9-21(20)26/h2-12,15H,14H2,1H3/b16-12-. The Morgan fingerprint density at radius 2 is 1.97 bits per heavy atom. The Labute approximate surface area is 167 Å². The summed E-state index contributed by atoms with van der Waals surface area (Å²) in [7, 11) is 1.34. The van der Waals surface area contributed by atoms with Crippen molar-refractivity contribution in [2.24, 2.45) is 0 Å². The van der Waals surface area contributed by atoms with Crippen LogP contribution in [0.1, 0.15) is 16.1 Å². The number of furan rings is 1. The number of allylic oxidation sites excluding steroid dienone is 1. The van der Waals surface area contributed by atoms with Crippen molar-refractivity contribution in [1.29, 1.82) is 5.26 Å². The van der Waals surface area contributed by atoms with Crippen LogP contribution in [0.4, 0.5) is 0 Å². The Bertz CT molecular complexity index is 1260. The summed E-state index contributed by atoms with van der Waals surface area (Å²) >= 11 is 0. The first-order valence-electron chi connectivity index (χ1n) is 8.97. The lowest BCUT2D eigenvalue weighted by molar-refractivity contribution is 0.0601. The largest absolute Gasteiger partial charge is 0.465 e. The van der Waals surface area contributed by atoms with Crippen LogP contribution in [-0.2, 0) is 11.3 Å². The quantitative estimate of drug-likeness (QED) is 0.369. The minimum absolute atomic E-state index is 0.381. The number of carbonyl (C=O) groups excluding carboxylic acids is 1. The van der Waals surface area contributed by atoms with Gasteiger partial charge in [0.1, 0.15) is 11.5 Å². The van der Waals surface area contributed by atoms with Gasteiger partial charge in [0.05, 0.1) is 48.2 Å². The maximum atomic E-state index is 12.0. The fourth-order valence-corrected chi connectivity index (χ4v) is 3.17. The van der Waals surface area contributed by atoms with Crippen LogP contribution in [0.2, 0.25) is 0 Å². The molecule has 2 heterocycles. The van der Waals surface area contributed by atoms with E-state index >= 15 is 0 Å². The Morgan fingerprint density at radius 3 is 2.79 bits per heavy atom. The number of hydrogen-bond acceptors (Lipinski definition) is 5. The van der Waals surface area contributed by atoms with Crippen molar-refractivity contribution in [3.05, 3.63) is 83.9 Å². The summed E-state index contributed by atoms with van der Waals surface area (Å²) in [6, 6.07) is 20.6. The van der Waals surface area contributed by atoms with Gasteiger partial charge in [-0.2, -0.15) is 5.26 Å². The van der Waals surface area contributed by atoms with E-state index in [0.717, 1.165) is 11.0 Å². The average Bonchev–Trinajstić information content (AvgIpc) is 3.40. The molecule has 29 heavy (non-hydrogen) atoms. The lowest BCUT2D eigenvalue weighted by atomic mass is 10.1. The number of aromatic nitrogens is 2. The molecule has 0 fully saturated rings. The molecule has 0 aliphatic carbocycles. The highest BCUT2D eigenvalue weighted by Crippen LogP contribution is 2.27. The molecule has 2 aromatic heterocycles. The monoisotopic (exact) mass is 383 g/mol. The molecule has 6 nitrogen and oxygen atoms in total. The maximum absolute atomic E-state index is 12.0. The van der Waals surface area contributed by atoms with E-state index in [-0.39, 0.29) is 0 Å². The van der Waals surface area contributed by atoms with Crippen molar-refractivity contribution in [3.63, 3.8) is 0 Å². The second-order valence-electron chi connectivity index (χ2n) is 6.38. The lowest BCUT2D eigenvalue weighted by Crippen LogP contribution is -2.02. The summed E-state index contributed by atoms with van der Waals surface area (Å²) in [5, 5.41) is 9.58. The number of para-hydroxylation sites is 2. The number of methoxy groups -OCH3 is 1. The van der Waals surface area contributed by atoms with Crippen LogP contribution in [0.3, 0.4) is 0 Å². The number of rotatable bonds is 5. The number of nitrogens with zero attached hydrogens (tertiary/aromatic N) is 3. The topological polar surface area (TPSA) is 81.0 Å². The molecule has 0 aliphatic rings. The van der Waals surface area contributed by atoms with Crippen LogP contribution in [-0.4, -0.2) is 22.6 Å². The van der Waals surface area contributed by atoms with Crippen LogP contribution in [0.5, 0.6) is 0 Å². The van der Waals surface area contributed by atoms with Gasteiger partial charge in [-0.25, -0.2) is 9.78 Å². The molecule has 0 saturated heterocycles. The molecule has 4 rings (SSSR count). The third-order valence-corrected chi connectivity index (χ3v) is 4.55. The number of fused-ring (bicyclic) bond motifs is 1. The van der Waals surface area contributed by atoms with Gasteiger partial charge in [0, 0.05) is 5.56 Å². The Kier molecular flexibility index (Phi) is 4.95. The van der Waals surface area contributed by atoms with E-state index in [4.69, 9.17) is 9.15 Å². The normalized spacial score (nSPS) is 11.4. The molecule has 0 N–H and O–H groups in total. The summed E-state index contributed by atoms with van der Waals surface area (Å²) in [5.41, 5.74) is 3.42. The van der Waals surface area contributed by atoms with Gasteiger partial charge in [-0.15, -0.1) is 0 Å². The van der Waals surface area contributed by atoms with Gasteiger partial charge < -0.3 is 13.7 Å². The molecule has 4 aromatic rings. The fraction of sp³-hybridized carbons (Fsp3) is 0.0870. The van der Waals surface area contributed by atoms with Crippen molar-refractivity contribution in [1.82, 2.24) is 9.55 Å². The highest BCUT2D eigenvalue weighted by atomic mass is 16.5. The van der Waals surface area contributed by atoms with E-state index in [2.05, 4.69) is 11.1 Å². The molecule has 0 atom stereocenters. The minimum Gasteiger partial charge on any atom is -0.465 e. The van der Waals surface area contributed by atoms with Crippen molar-refractivity contribution in [3.8, 4) is 17.4 Å². The molecule has 6 heteroatoms. The molecule has 0 amide bonds. The van der Waals surface area contributed by atoms with E-state index in [0.29, 0.717) is 34.8 Å². The molecule has 0 saturated carbocycles. The Morgan fingerprint density at radius 1 is 1.17 bits per heavy atom. The lowest BCUT2D eigenvalue weighted by Gasteiger charge is -2.05. The van der Waals surface area contributed by atoms with Gasteiger partial charge in [-0.3, -0.25) is 0 Å². The fourth-order valence-electron chi connectivity index (χ4n) is 3.17. The molecule has 0 spiro atoms. The molecular weight excluding hydrogens is 366 g/mol. The molecule has 0 bridgehead atoms. The maximum Gasteiger partial charge on any atom is 0.338 e. The molecule has 0 radical (unpaired) electrons. The third-order valence-electron chi connectivity index (χ3n) is 4.55. The summed E-state index contributed by atoms with van der Waals surface area (Å²) < 4.78 is 12.6. The number of hydrogen-bond donors (Lipinski definition) is 0. The van der Waals surface area contributed by atoms with Crippen molar-refractivity contribution >= 4 is 23.1 Å². The molecule has 0 unspecified atom stereocenters. The van der Waals surface area contributed by atoms with E-state index in [1.54, 1.807) is 42.7 Å². The van der Waals surface area contributed by atoms with E-state index in [1.165, 1.54) is 7.11 Å². The van der Waals surface area contributed by atoms with Gasteiger partial charge in [0.15, 0.2) is 0 Å². The van der Waals surface area contributed by atoms with E-state index < -0.39 is 5.97 Å². The molecule has 2 aromatic carbocycles. The second-order valence-corrected chi connectivity index (χ2v) is 6.38. The first-order valence-corrected chi connectivity index (χ1v) is 8.97. The van der Waals surface area contributed by atoms with Gasteiger partial charge in [0.25, 0.3) is 0 Å². The van der Waals surface area contributed by atoms with Crippen LogP contribution >= 0.6 is 0 Å². The van der Waals surface area contributed by atoms with Crippen LogP contribution < -0.4 is 0 Å². The summed E-state index contributed by atoms with van der Waals surface area (Å²) in [5.74, 6) is 0.627. The SMILES string of the molecule is COC(=O)c1ccccc1-c1ccc(/C=C(/C#N)Cn2cnc3ccccc32)o1. The van der Waals surface area contributed by atoms with Crippen molar-refractivity contribution in [2.45, 2.75) is 6.54 Å². The predicted molar refractivity (Wildman–Crippen MR) is 109 cm³/mol. The zero-order valence-corrected chi connectivity index (χ0v) is 15.7. The molecule has 142 valence electrons. The number of ether oxygens (including phenoxy) is 1. The summed E-state index contributed by atoms with van der Waals surface area (Å²) in [4.78, 5) is 16.3. The van der Waals surface area contributed by atoms with Gasteiger partial charge >= 0.3 is 5.97 Å². The second kappa shape index (κ2) is 7.87. The molecular formula is C23H17N3O3. The smallest absolute Gasteiger partial charge is 0.338 e. The third kappa shape index (κ3) is 3.66. The van der Waals surface area contributed by atoms with E-state index in [1.807, 2.05) is 34.9 Å². The highest BCUT2D eigenvalue weighted by molar-refractivity contribution is 5.96. The van der Waals surface area contributed by atoms with Gasteiger partial charge in [0.2, 0.25) is 0 Å². The number of carbonyl (C=O) groups is 1. The van der Waals surface area contributed by atoms with Crippen LogP contribution in [0.25, 0.3) is 28.4 Å². The summed E-state index contributed by atoms with van der Waals surface area (Å²) in [6.07, 6.45) is 3.41. The predicted octanol–water partition coefficient (Wildman–Crippen LogP) is 4.69. The van der Waals surface area contributed by atoms with Crippen LogP contribution in [0.15, 0.2) is 77.0 Å². The van der Waals surface area contributed by atoms with Crippen LogP contribution in [0, 0.1) is 11.3 Å². The zero-order chi connectivity index (χ0) is 20.2. The zero-order valence-electron chi connectivity index (χ0n) is 15.7. The van der Waals surface area contributed by atoms with Crippen molar-refractivity contribution in [2.75, 3.05) is 7.11 Å². The minimum atomic E-state index is -0.432. The first-order chi connectivity index (χ1) is 14.2. The number of benzene rings is 2. The highest BCUT2D eigenvalue weighted by Gasteiger charge is 2.15. The average molecular weight is 383 g/mol. The first kappa shape index (κ1) is 18.3. The van der Waals surface area contributed by atoms with E-state index in [9.17, 15) is 10.1 Å². The Balaban J connectivity index is 1.63. The number of nitriles is 1. The molecule has 0 aliphatic heterocycles. The summed E-state index contributed by atoms with van der Waals surface area (Å²) in [6.45, 7) is 0.381. The number of imidazole rings is 1. The van der Waals surface area contributed by atoms with Crippen molar-refractivity contribution < 1.29 is 13.9 Å². The van der Waals surface area contributed by atoms with Gasteiger partial charge in [-0.05, 0) is 36.4 Å². The van der Waals surface area contributed by atoms with Gasteiger partial charge in [-0.1, -0.05) is 30.3 Å². The Hall–Kier alpha value is -4.11.